The topological polar surface area (TPSA) is 273 Å². The molecule has 5 heterocycles. The van der Waals surface area contributed by atoms with Gasteiger partial charge < -0.3 is 30.6 Å². The molecule has 0 fully saturated rings. The molecule has 0 atom stereocenters. The van der Waals surface area contributed by atoms with Crippen LogP contribution in [0.1, 0.15) is 78.1 Å². The van der Waals surface area contributed by atoms with E-state index in [-0.39, 0.29) is 90.2 Å². The maximum Gasteiger partial charge on any atom is 0.307 e. The van der Waals surface area contributed by atoms with Crippen LogP contribution in [0.5, 0.6) is 0 Å². The summed E-state index contributed by atoms with van der Waals surface area (Å²) in [6.45, 7) is 3.48. The zero-order chi connectivity index (χ0) is 39.4. The van der Waals surface area contributed by atoms with Gasteiger partial charge in [0.2, 0.25) is 0 Å². The molecule has 0 spiro atoms. The average molecular weight is 741 g/mol. The van der Waals surface area contributed by atoms with Gasteiger partial charge in [0, 0.05) is 25.7 Å². The number of allylic oxidation sites excluding steroid dienone is 12. The molecule has 0 aromatic rings. The van der Waals surface area contributed by atoms with Crippen LogP contribution < -0.4 is 0 Å². The zero-order valence-electron chi connectivity index (χ0n) is 29.3. The summed E-state index contributed by atoms with van der Waals surface area (Å²) < 4.78 is 0. The number of aliphatic carboxylic acids is 6. The summed E-state index contributed by atoms with van der Waals surface area (Å²) in [5.74, 6) is -6.91. The Bertz CT molecular complexity index is 2180. The van der Waals surface area contributed by atoms with E-state index < -0.39 is 55.1 Å². The maximum absolute atomic E-state index is 12.2. The van der Waals surface area contributed by atoms with Gasteiger partial charge in [0.15, 0.2) is 0 Å². The van der Waals surface area contributed by atoms with Gasteiger partial charge in [0.05, 0.1) is 58.5 Å². The van der Waals surface area contributed by atoms with E-state index in [0.717, 1.165) is 0 Å². The third kappa shape index (κ3) is 8.71. The second-order valence-electron chi connectivity index (χ2n) is 12.9. The van der Waals surface area contributed by atoms with Crippen molar-refractivity contribution >= 4 is 58.7 Å². The molecule has 0 saturated carbocycles. The molecule has 5 rings (SSSR count). The molecule has 0 aliphatic carbocycles. The molecule has 54 heavy (non-hydrogen) atoms. The summed E-state index contributed by atoms with van der Waals surface area (Å²) in [6.07, 6.45) is 3.59. The van der Waals surface area contributed by atoms with E-state index in [4.69, 9.17) is 20.0 Å². The second kappa shape index (κ2) is 16.0. The number of carboxylic acids is 6. The first-order valence-electron chi connectivity index (χ1n) is 16.9. The Morgan fingerprint density at radius 1 is 0.389 bits per heavy atom. The van der Waals surface area contributed by atoms with Crippen molar-refractivity contribution in [1.82, 2.24) is 0 Å². The van der Waals surface area contributed by atoms with E-state index in [1.807, 2.05) is 0 Å². The van der Waals surface area contributed by atoms with Gasteiger partial charge in [-0.3, -0.25) is 28.8 Å². The van der Waals surface area contributed by atoms with E-state index in [1.54, 1.807) is 26.0 Å². The molecular weight excluding hydrogens is 704 g/mol. The highest BCUT2D eigenvalue weighted by molar-refractivity contribution is 6.20. The molecule has 0 radical (unpaired) electrons. The Balaban J connectivity index is 1.86. The van der Waals surface area contributed by atoms with Crippen molar-refractivity contribution in [2.75, 3.05) is 0 Å². The van der Waals surface area contributed by atoms with Crippen molar-refractivity contribution in [3.05, 3.63) is 91.7 Å². The number of carbonyl (C=O) groups is 6. The normalized spacial score (nSPS) is 17.8. The molecule has 0 saturated heterocycles. The first-order chi connectivity index (χ1) is 25.5. The van der Waals surface area contributed by atoms with E-state index in [2.05, 4.69) is 0 Å². The summed E-state index contributed by atoms with van der Waals surface area (Å²) in [5, 5.41) is 58.1. The van der Waals surface area contributed by atoms with Crippen molar-refractivity contribution in [3.8, 4) is 0 Å². The molecule has 6 N–H and O–H groups in total. The number of fused-ring (bicyclic) bond motifs is 4. The third-order valence-corrected chi connectivity index (χ3v) is 9.33. The average Bonchev–Trinajstić information content (AvgIpc) is 3.74. The molecule has 5 aliphatic heterocycles. The molecule has 280 valence electrons. The lowest BCUT2D eigenvalue weighted by Gasteiger charge is -2.09. The number of aliphatic imine (C=N–C) groups is 4. The quantitative estimate of drug-likeness (QED) is 0.122. The molecule has 8 bridgehead atoms. The van der Waals surface area contributed by atoms with Gasteiger partial charge >= 0.3 is 35.8 Å². The van der Waals surface area contributed by atoms with Crippen LogP contribution in [0.15, 0.2) is 112 Å². The highest BCUT2D eigenvalue weighted by atomic mass is 16.4. The van der Waals surface area contributed by atoms with E-state index >= 15 is 0 Å². The molecule has 16 heteroatoms. The Morgan fingerprint density at radius 3 is 0.944 bits per heavy atom. The molecule has 0 amide bonds. The van der Waals surface area contributed by atoms with Crippen LogP contribution in [-0.2, 0) is 28.8 Å². The van der Waals surface area contributed by atoms with Crippen LogP contribution in [-0.4, -0.2) is 89.3 Å². The highest BCUT2D eigenvalue weighted by Crippen LogP contribution is 2.40. The van der Waals surface area contributed by atoms with Crippen LogP contribution in [0.3, 0.4) is 0 Å². The number of hydrogen-bond donors (Lipinski definition) is 6. The second-order valence-corrected chi connectivity index (χ2v) is 12.9. The van der Waals surface area contributed by atoms with E-state index in [1.165, 1.54) is 12.2 Å². The van der Waals surface area contributed by atoms with Crippen LogP contribution in [0.25, 0.3) is 0 Å². The standard InChI is InChI=1S/C38H36N4O12/c1-17-19(3-7-33(43)44)27-13-25-18(2)20(4-8-34(45)46)28(40-25)15-31-24(12-38(53)54)22(6-10-36(49)50)30(42-31)16-32-23(11-37(51)52)21(5-9-35(47)48)29(41-32)14-26(17)39-27/h13-16H,3-12H2,1-2H3,(H,43,44)(H,45,46)(H,47,48)(H,49,50)(H,51,52)(H,53,54). The fraction of sp³-hybridized carbons (Fsp3) is 0.316. The van der Waals surface area contributed by atoms with Gasteiger partial charge in [0.25, 0.3) is 0 Å². The molecule has 0 aromatic heterocycles. The largest absolute Gasteiger partial charge is 0.481 e. The van der Waals surface area contributed by atoms with E-state index in [9.17, 15) is 59.4 Å². The summed E-state index contributed by atoms with van der Waals surface area (Å²) in [7, 11) is 0. The smallest absolute Gasteiger partial charge is 0.307 e. The van der Waals surface area contributed by atoms with Crippen LogP contribution in [0.4, 0.5) is 0 Å². The van der Waals surface area contributed by atoms with Gasteiger partial charge in [-0.1, -0.05) is 0 Å². The van der Waals surface area contributed by atoms with Gasteiger partial charge in [-0.15, -0.1) is 0 Å². The zero-order valence-corrected chi connectivity index (χ0v) is 29.3. The van der Waals surface area contributed by atoms with Crippen molar-refractivity contribution < 1.29 is 59.4 Å². The van der Waals surface area contributed by atoms with Crippen LogP contribution >= 0.6 is 0 Å². The van der Waals surface area contributed by atoms with Crippen molar-refractivity contribution in [1.29, 1.82) is 0 Å². The SMILES string of the molecule is CC1=C(CCC(=O)O)C2=NC1=CC1=NC(=CC3=NC(=CC4=NC(=C2)C(C)=C4CCC(=O)O)C(CC(=O)O)=C3CCC(=O)O)C(CC(=O)O)=C1CCC(=O)O. The Labute approximate surface area is 307 Å². The minimum Gasteiger partial charge on any atom is -0.481 e. The first kappa shape index (κ1) is 38.6. The Morgan fingerprint density at radius 2 is 0.648 bits per heavy atom. The summed E-state index contributed by atoms with van der Waals surface area (Å²) in [6, 6.07) is 0. The number of hydrogen-bond acceptors (Lipinski definition) is 10. The van der Waals surface area contributed by atoms with Crippen molar-refractivity contribution in [3.63, 3.8) is 0 Å². The molecule has 0 unspecified atom stereocenters. The maximum atomic E-state index is 12.2. The lowest BCUT2D eigenvalue weighted by Crippen LogP contribution is -2.07. The van der Waals surface area contributed by atoms with Crippen LogP contribution in [0, 0.1) is 0 Å². The van der Waals surface area contributed by atoms with Gasteiger partial charge in [-0.25, -0.2) is 20.0 Å². The highest BCUT2D eigenvalue weighted by Gasteiger charge is 2.32. The fourth-order valence-corrected chi connectivity index (χ4v) is 6.73. The summed E-state index contributed by atoms with van der Waals surface area (Å²) >= 11 is 0. The summed E-state index contributed by atoms with van der Waals surface area (Å²) in [4.78, 5) is 90.2. The minimum atomic E-state index is -1.24. The minimum absolute atomic E-state index is 0.0453. The Kier molecular flexibility index (Phi) is 11.4. The van der Waals surface area contributed by atoms with Crippen molar-refractivity contribution in [2.24, 2.45) is 20.0 Å². The fourth-order valence-electron chi connectivity index (χ4n) is 6.73. The van der Waals surface area contributed by atoms with Gasteiger partial charge in [0.1, 0.15) is 0 Å². The predicted octanol–water partition coefficient (Wildman–Crippen LogP) is 4.99. The first-order valence-corrected chi connectivity index (χ1v) is 16.9. The van der Waals surface area contributed by atoms with Crippen molar-refractivity contribution in [2.45, 2.75) is 78.1 Å². The number of nitrogens with zero attached hydrogens (tertiary/aromatic N) is 4. The molecular formula is C38H36N4O12. The monoisotopic (exact) mass is 740 g/mol. The number of carboxylic acid groups (broad SMARTS) is 6. The lowest BCUT2D eigenvalue weighted by atomic mass is 9.93. The molecule has 0 aromatic carbocycles. The van der Waals surface area contributed by atoms with Gasteiger partial charge in [-0.05, 0) is 108 Å². The molecule has 5 aliphatic rings. The van der Waals surface area contributed by atoms with Gasteiger partial charge in [-0.2, -0.15) is 0 Å². The number of rotatable bonds is 16. The summed E-state index contributed by atoms with van der Waals surface area (Å²) in [5.41, 5.74) is 5.18. The molecule has 16 nitrogen and oxygen atoms in total. The third-order valence-electron chi connectivity index (χ3n) is 9.33. The predicted molar refractivity (Wildman–Crippen MR) is 194 cm³/mol. The Hall–Kier alpha value is -6.58. The van der Waals surface area contributed by atoms with Crippen LogP contribution in [0.2, 0.25) is 0 Å². The van der Waals surface area contributed by atoms with E-state index in [0.29, 0.717) is 45.0 Å². The lowest BCUT2D eigenvalue weighted by molar-refractivity contribution is -0.138.